The highest BCUT2D eigenvalue weighted by Crippen LogP contribution is 2.28. The summed E-state index contributed by atoms with van der Waals surface area (Å²) in [6, 6.07) is 0. The summed E-state index contributed by atoms with van der Waals surface area (Å²) in [6.45, 7) is 3.79. The first kappa shape index (κ1) is 16.9. The number of rotatable bonds is 4. The zero-order valence-electron chi connectivity index (χ0n) is 11.5. The second kappa shape index (κ2) is 7.58. The Balaban J connectivity index is 2.70. The normalized spacial score (nSPS) is 29.4. The van der Waals surface area contributed by atoms with Gasteiger partial charge in [0.25, 0.3) is 0 Å². The van der Waals surface area contributed by atoms with Crippen molar-refractivity contribution in [2.45, 2.75) is 50.5 Å². The van der Waals surface area contributed by atoms with Crippen LogP contribution >= 0.6 is 15.9 Å². The fourth-order valence-corrected chi connectivity index (χ4v) is 2.43. The van der Waals surface area contributed by atoms with Crippen LogP contribution in [0, 0.1) is 0 Å². The van der Waals surface area contributed by atoms with Crippen molar-refractivity contribution in [1.29, 1.82) is 0 Å². The van der Waals surface area contributed by atoms with Crippen molar-refractivity contribution < 1.29 is 33.3 Å². The van der Waals surface area contributed by atoms with Crippen LogP contribution in [0.2, 0.25) is 0 Å². The number of halogens is 1. The molecule has 8 heteroatoms. The molecule has 0 spiro atoms. The molecule has 0 aromatic heterocycles. The van der Waals surface area contributed by atoms with Gasteiger partial charge in [-0.1, -0.05) is 15.9 Å². The molecule has 0 unspecified atom stereocenters. The molecule has 0 amide bonds. The Morgan fingerprint density at radius 2 is 1.60 bits per heavy atom. The lowest BCUT2D eigenvalue weighted by molar-refractivity contribution is -0.194. The van der Waals surface area contributed by atoms with Gasteiger partial charge in [0.05, 0.1) is 0 Å². The second-order valence-corrected chi connectivity index (χ2v) is 5.26. The number of esters is 3. The maximum absolute atomic E-state index is 11.1. The van der Waals surface area contributed by atoms with Crippen LogP contribution in [0.25, 0.3) is 0 Å². The molecule has 1 aliphatic heterocycles. The van der Waals surface area contributed by atoms with Crippen molar-refractivity contribution in [1.82, 2.24) is 0 Å². The minimum Gasteiger partial charge on any atom is -0.463 e. The van der Waals surface area contributed by atoms with Crippen molar-refractivity contribution in [3.05, 3.63) is 0 Å². The molecule has 114 valence electrons. The van der Waals surface area contributed by atoms with Crippen molar-refractivity contribution in [2.24, 2.45) is 0 Å². The first-order chi connectivity index (χ1) is 9.29. The fourth-order valence-electron chi connectivity index (χ4n) is 1.83. The van der Waals surface area contributed by atoms with Gasteiger partial charge in [0.15, 0.2) is 0 Å². The van der Waals surface area contributed by atoms with Gasteiger partial charge in [-0.2, -0.15) is 0 Å². The van der Waals surface area contributed by atoms with Crippen LogP contribution in [-0.4, -0.2) is 47.8 Å². The zero-order chi connectivity index (χ0) is 15.3. The molecule has 1 heterocycles. The minimum atomic E-state index is -0.648. The molecule has 0 N–H and O–H groups in total. The number of carbonyl (C=O) groups is 3. The van der Waals surface area contributed by atoms with E-state index in [1.54, 1.807) is 0 Å². The Morgan fingerprint density at radius 3 is 2.10 bits per heavy atom. The first-order valence-electron chi connectivity index (χ1n) is 6.07. The van der Waals surface area contributed by atoms with Gasteiger partial charge in [-0.15, -0.1) is 0 Å². The molecule has 0 aromatic carbocycles. The van der Waals surface area contributed by atoms with Gasteiger partial charge >= 0.3 is 17.9 Å². The minimum absolute atomic E-state index is 0.0395. The maximum Gasteiger partial charge on any atom is 0.303 e. The molecule has 1 saturated heterocycles. The molecule has 1 fully saturated rings. The Morgan fingerprint density at radius 1 is 1.05 bits per heavy atom. The zero-order valence-corrected chi connectivity index (χ0v) is 13.0. The van der Waals surface area contributed by atoms with E-state index in [9.17, 15) is 14.4 Å². The topological polar surface area (TPSA) is 88.1 Å². The maximum atomic E-state index is 11.1. The highest BCUT2D eigenvalue weighted by atomic mass is 79.9. The molecule has 1 aliphatic rings. The average molecular weight is 353 g/mol. The molecule has 20 heavy (non-hydrogen) atoms. The third kappa shape index (κ3) is 5.46. The highest BCUT2D eigenvalue weighted by molar-refractivity contribution is 9.09. The summed E-state index contributed by atoms with van der Waals surface area (Å²) in [7, 11) is 0. The lowest BCUT2D eigenvalue weighted by atomic mass is 10.0. The largest absolute Gasteiger partial charge is 0.463 e. The summed E-state index contributed by atoms with van der Waals surface area (Å²) in [5.41, 5.74) is 0. The van der Waals surface area contributed by atoms with Crippen LogP contribution in [0.4, 0.5) is 0 Å². The predicted molar refractivity (Wildman–Crippen MR) is 69.9 cm³/mol. The van der Waals surface area contributed by atoms with E-state index in [2.05, 4.69) is 15.9 Å². The van der Waals surface area contributed by atoms with Gasteiger partial charge in [0.2, 0.25) is 0 Å². The predicted octanol–water partition coefficient (Wildman–Crippen LogP) is 0.923. The van der Waals surface area contributed by atoms with Gasteiger partial charge in [-0.25, -0.2) is 0 Å². The van der Waals surface area contributed by atoms with Gasteiger partial charge in [0.1, 0.15) is 29.9 Å². The summed E-state index contributed by atoms with van der Waals surface area (Å²) in [5.74, 6) is -1.40. The number of hydrogen-bond acceptors (Lipinski definition) is 7. The molecular formula is C12H17BrO7. The highest BCUT2D eigenvalue weighted by Gasteiger charge is 2.41. The summed E-state index contributed by atoms with van der Waals surface area (Å²) in [4.78, 5) is 32.9. The lowest BCUT2D eigenvalue weighted by Gasteiger charge is -2.37. The molecule has 4 atom stereocenters. The van der Waals surface area contributed by atoms with Crippen molar-refractivity contribution in [2.75, 3.05) is 6.61 Å². The smallest absolute Gasteiger partial charge is 0.303 e. The fraction of sp³-hybridized carbons (Fsp3) is 0.750. The number of hydrogen-bond donors (Lipinski definition) is 0. The molecule has 0 aliphatic carbocycles. The molecular weight excluding hydrogens is 336 g/mol. The van der Waals surface area contributed by atoms with Crippen LogP contribution in [0.1, 0.15) is 27.2 Å². The lowest BCUT2D eigenvalue weighted by Crippen LogP contribution is -2.50. The van der Waals surface area contributed by atoms with Crippen molar-refractivity contribution >= 4 is 33.8 Å². The SMILES string of the molecule is CC(=O)OC[C@H]1O[C@H](Br)[C@H](OC(C)=O)C[C@H]1OC(C)=O. The molecule has 7 nitrogen and oxygen atoms in total. The Kier molecular flexibility index (Phi) is 6.41. The second-order valence-electron chi connectivity index (χ2n) is 4.36. The monoisotopic (exact) mass is 352 g/mol. The van der Waals surface area contributed by atoms with E-state index in [4.69, 9.17) is 18.9 Å². The van der Waals surface area contributed by atoms with Crippen LogP contribution in [0.5, 0.6) is 0 Å². The van der Waals surface area contributed by atoms with Crippen molar-refractivity contribution in [3.8, 4) is 0 Å². The third-order valence-electron chi connectivity index (χ3n) is 2.56. The van der Waals surface area contributed by atoms with Gasteiger partial charge in [0, 0.05) is 27.2 Å². The summed E-state index contributed by atoms with van der Waals surface area (Å²) in [5, 5.41) is -0.557. The van der Waals surface area contributed by atoms with E-state index in [0.717, 1.165) is 0 Å². The van der Waals surface area contributed by atoms with Gasteiger partial charge in [-0.05, 0) is 0 Å². The molecule has 1 rings (SSSR count). The summed E-state index contributed by atoms with van der Waals surface area (Å²) in [6.07, 6.45) is -1.57. The van der Waals surface area contributed by atoms with Crippen molar-refractivity contribution in [3.63, 3.8) is 0 Å². The number of ether oxygens (including phenoxy) is 4. The summed E-state index contributed by atoms with van der Waals surface area (Å²) < 4.78 is 20.6. The van der Waals surface area contributed by atoms with Crippen LogP contribution in [0.3, 0.4) is 0 Å². The van der Waals surface area contributed by atoms with E-state index in [-0.39, 0.29) is 13.0 Å². The molecule has 0 bridgehead atoms. The van der Waals surface area contributed by atoms with E-state index in [0.29, 0.717) is 0 Å². The molecule has 0 aromatic rings. The van der Waals surface area contributed by atoms with Gasteiger partial charge < -0.3 is 18.9 Å². The van der Waals surface area contributed by atoms with Crippen LogP contribution in [0.15, 0.2) is 0 Å². The van der Waals surface area contributed by atoms with E-state index < -0.39 is 41.2 Å². The third-order valence-corrected chi connectivity index (χ3v) is 3.37. The Hall–Kier alpha value is -1.15. The van der Waals surface area contributed by atoms with Gasteiger partial charge in [-0.3, -0.25) is 14.4 Å². The van der Waals surface area contributed by atoms with E-state index in [1.165, 1.54) is 20.8 Å². The number of alkyl halides is 1. The van der Waals surface area contributed by atoms with Crippen LogP contribution in [-0.2, 0) is 33.3 Å². The Bertz CT molecular complexity index is 384. The van der Waals surface area contributed by atoms with E-state index >= 15 is 0 Å². The van der Waals surface area contributed by atoms with Crippen LogP contribution < -0.4 is 0 Å². The van der Waals surface area contributed by atoms with E-state index in [1.807, 2.05) is 0 Å². The quantitative estimate of drug-likeness (QED) is 0.422. The summed E-state index contributed by atoms with van der Waals surface area (Å²) >= 11 is 3.24. The average Bonchev–Trinajstić information content (AvgIpc) is 2.29. The standard InChI is InChI=1S/C12H17BrO7/c1-6(14)17-5-11-9(18-7(2)15)4-10(12(13)20-11)19-8(3)16/h9-12H,4-5H2,1-3H3/t9-,10-,11-,12+/m1/s1. The molecule has 0 saturated carbocycles. The molecule has 0 radical (unpaired) electrons. The Labute approximate surface area is 125 Å². The first-order valence-corrected chi connectivity index (χ1v) is 6.98. The number of carbonyl (C=O) groups excluding carboxylic acids is 3.